The Morgan fingerprint density at radius 1 is 1.42 bits per heavy atom. The first kappa shape index (κ1) is 14.1. The molecule has 0 spiro atoms. The van der Waals surface area contributed by atoms with Gasteiger partial charge in [-0.15, -0.1) is 0 Å². The van der Waals surface area contributed by atoms with Gasteiger partial charge in [0.1, 0.15) is 17.5 Å². The van der Waals surface area contributed by atoms with E-state index in [1.165, 1.54) is 0 Å². The Kier molecular flexibility index (Phi) is 4.24. The average molecular weight is 264 g/mol. The van der Waals surface area contributed by atoms with Crippen LogP contribution in [0.5, 0.6) is 0 Å². The van der Waals surface area contributed by atoms with Crippen molar-refractivity contribution >= 4 is 11.6 Å². The average Bonchev–Trinajstić information content (AvgIpc) is 2.41. The van der Waals surface area contributed by atoms with E-state index in [2.05, 4.69) is 41.0 Å². The van der Waals surface area contributed by atoms with Crippen molar-refractivity contribution < 1.29 is 5.11 Å². The number of aliphatic hydroxyl groups excluding tert-OH is 1. The highest BCUT2D eigenvalue weighted by molar-refractivity contribution is 5.49. The maximum Gasteiger partial charge on any atom is 0.135 e. The molecule has 2 atom stereocenters. The Bertz CT molecular complexity index is 435. The molecule has 1 aromatic rings. The van der Waals surface area contributed by atoms with Gasteiger partial charge >= 0.3 is 0 Å². The smallest absolute Gasteiger partial charge is 0.135 e. The molecule has 106 valence electrons. The molecule has 2 N–H and O–H groups in total. The molecule has 0 bridgehead atoms. The first-order chi connectivity index (χ1) is 9.01. The number of piperidine rings is 1. The van der Waals surface area contributed by atoms with E-state index in [1.54, 1.807) is 0 Å². The van der Waals surface area contributed by atoms with Crippen molar-refractivity contribution in [3.63, 3.8) is 0 Å². The lowest BCUT2D eigenvalue weighted by atomic mass is 9.97. The zero-order valence-electron chi connectivity index (χ0n) is 12.2. The van der Waals surface area contributed by atoms with Crippen molar-refractivity contribution in [3.05, 3.63) is 11.9 Å². The van der Waals surface area contributed by atoms with Gasteiger partial charge in [0.15, 0.2) is 0 Å². The van der Waals surface area contributed by atoms with Crippen LogP contribution in [0.15, 0.2) is 6.07 Å². The maximum atomic E-state index is 9.81. The first-order valence-electron chi connectivity index (χ1n) is 7.01. The lowest BCUT2D eigenvalue weighted by molar-refractivity contribution is 0.0969. The summed E-state index contributed by atoms with van der Waals surface area (Å²) in [6, 6.07) is 1.98. The van der Waals surface area contributed by atoms with Crippen LogP contribution in [0.25, 0.3) is 0 Å². The zero-order valence-corrected chi connectivity index (χ0v) is 12.2. The predicted octanol–water partition coefficient (Wildman–Crippen LogP) is 1.85. The second-order valence-electron chi connectivity index (χ2n) is 5.65. The molecule has 19 heavy (non-hydrogen) atoms. The van der Waals surface area contributed by atoms with Gasteiger partial charge in [-0.05, 0) is 12.3 Å². The molecule has 2 unspecified atom stereocenters. The van der Waals surface area contributed by atoms with Gasteiger partial charge in [0.2, 0.25) is 0 Å². The minimum atomic E-state index is -0.188. The Labute approximate surface area is 115 Å². The normalized spacial score (nSPS) is 23.8. The molecule has 1 saturated heterocycles. The van der Waals surface area contributed by atoms with Crippen LogP contribution in [0, 0.1) is 5.92 Å². The van der Waals surface area contributed by atoms with Gasteiger partial charge in [-0.25, -0.2) is 9.97 Å². The number of aromatic nitrogens is 2. The molecule has 1 fully saturated rings. The summed E-state index contributed by atoms with van der Waals surface area (Å²) in [6.07, 6.45) is 0.614. The van der Waals surface area contributed by atoms with Crippen molar-refractivity contribution in [2.45, 2.75) is 39.2 Å². The molecule has 0 amide bonds. The summed E-state index contributed by atoms with van der Waals surface area (Å²) in [7, 11) is 1.87. The predicted molar refractivity (Wildman–Crippen MR) is 77.7 cm³/mol. The standard InChI is InChI=1S/C14H24N4O/c1-9(2)14-16-12(15-4)7-13(17-14)18-6-5-11(19)10(3)8-18/h7,9-11,19H,5-6,8H2,1-4H3,(H,15,16,17). The van der Waals surface area contributed by atoms with Crippen LogP contribution >= 0.6 is 0 Å². The molecular formula is C14H24N4O. The fraction of sp³-hybridized carbons (Fsp3) is 0.714. The minimum Gasteiger partial charge on any atom is -0.393 e. The quantitative estimate of drug-likeness (QED) is 0.872. The lowest BCUT2D eigenvalue weighted by Crippen LogP contribution is -2.42. The summed E-state index contributed by atoms with van der Waals surface area (Å²) in [6.45, 7) is 7.98. The minimum absolute atomic E-state index is 0.188. The summed E-state index contributed by atoms with van der Waals surface area (Å²) in [4.78, 5) is 11.4. The fourth-order valence-electron chi connectivity index (χ4n) is 2.34. The molecule has 0 radical (unpaired) electrons. The van der Waals surface area contributed by atoms with Crippen LogP contribution < -0.4 is 10.2 Å². The van der Waals surface area contributed by atoms with Crippen LogP contribution in [0.1, 0.15) is 38.9 Å². The summed E-state index contributed by atoms with van der Waals surface area (Å²) in [5.74, 6) is 3.26. The molecule has 1 aromatic heterocycles. The summed E-state index contributed by atoms with van der Waals surface area (Å²) in [5.41, 5.74) is 0. The number of anilines is 2. The van der Waals surface area contributed by atoms with Gasteiger partial charge in [-0.1, -0.05) is 20.8 Å². The van der Waals surface area contributed by atoms with E-state index >= 15 is 0 Å². The topological polar surface area (TPSA) is 61.3 Å². The third-order valence-corrected chi connectivity index (χ3v) is 3.69. The number of nitrogens with one attached hydrogen (secondary N) is 1. The van der Waals surface area contributed by atoms with Gasteiger partial charge in [0.05, 0.1) is 6.10 Å². The summed E-state index contributed by atoms with van der Waals surface area (Å²) >= 11 is 0. The van der Waals surface area contributed by atoms with E-state index in [0.29, 0.717) is 5.92 Å². The van der Waals surface area contributed by atoms with E-state index in [0.717, 1.165) is 37.0 Å². The van der Waals surface area contributed by atoms with E-state index in [-0.39, 0.29) is 12.0 Å². The monoisotopic (exact) mass is 264 g/mol. The van der Waals surface area contributed by atoms with Crippen molar-refractivity contribution in [1.29, 1.82) is 0 Å². The SMILES string of the molecule is CNc1cc(N2CCC(O)C(C)C2)nc(C(C)C)n1. The van der Waals surface area contributed by atoms with Crippen LogP contribution in [-0.4, -0.2) is 41.3 Å². The van der Waals surface area contributed by atoms with Crippen molar-refractivity contribution in [2.75, 3.05) is 30.4 Å². The van der Waals surface area contributed by atoms with Crippen LogP contribution in [0.2, 0.25) is 0 Å². The number of rotatable bonds is 3. The Hall–Kier alpha value is -1.36. The second kappa shape index (κ2) is 5.74. The van der Waals surface area contributed by atoms with E-state index in [1.807, 2.05) is 13.1 Å². The largest absolute Gasteiger partial charge is 0.393 e. The molecular weight excluding hydrogens is 240 g/mol. The zero-order chi connectivity index (χ0) is 14.0. The molecule has 5 nitrogen and oxygen atoms in total. The molecule has 0 aliphatic carbocycles. The Balaban J connectivity index is 2.26. The first-order valence-corrected chi connectivity index (χ1v) is 7.01. The molecule has 1 aliphatic heterocycles. The van der Waals surface area contributed by atoms with Crippen molar-refractivity contribution in [1.82, 2.24) is 9.97 Å². The molecule has 2 rings (SSSR count). The Morgan fingerprint density at radius 2 is 2.16 bits per heavy atom. The third kappa shape index (κ3) is 3.15. The van der Waals surface area contributed by atoms with Crippen LogP contribution in [-0.2, 0) is 0 Å². The molecule has 5 heteroatoms. The van der Waals surface area contributed by atoms with Crippen LogP contribution in [0.3, 0.4) is 0 Å². The van der Waals surface area contributed by atoms with Gasteiger partial charge in [-0.2, -0.15) is 0 Å². The highest BCUT2D eigenvalue weighted by Gasteiger charge is 2.25. The van der Waals surface area contributed by atoms with Gasteiger partial charge in [0, 0.05) is 32.1 Å². The lowest BCUT2D eigenvalue weighted by Gasteiger charge is -2.35. The number of aliphatic hydroxyl groups is 1. The van der Waals surface area contributed by atoms with E-state index in [4.69, 9.17) is 0 Å². The van der Waals surface area contributed by atoms with Gasteiger partial charge in [0.25, 0.3) is 0 Å². The molecule has 0 saturated carbocycles. The third-order valence-electron chi connectivity index (χ3n) is 3.69. The molecule has 0 aromatic carbocycles. The van der Waals surface area contributed by atoms with Crippen LogP contribution in [0.4, 0.5) is 11.6 Å². The van der Waals surface area contributed by atoms with Gasteiger partial charge < -0.3 is 15.3 Å². The highest BCUT2D eigenvalue weighted by Crippen LogP contribution is 2.25. The summed E-state index contributed by atoms with van der Waals surface area (Å²) < 4.78 is 0. The number of hydrogen-bond acceptors (Lipinski definition) is 5. The highest BCUT2D eigenvalue weighted by atomic mass is 16.3. The van der Waals surface area contributed by atoms with Crippen molar-refractivity contribution in [3.8, 4) is 0 Å². The Morgan fingerprint density at radius 3 is 2.74 bits per heavy atom. The number of hydrogen-bond donors (Lipinski definition) is 2. The van der Waals surface area contributed by atoms with Gasteiger partial charge in [-0.3, -0.25) is 0 Å². The molecule has 1 aliphatic rings. The second-order valence-corrected chi connectivity index (χ2v) is 5.65. The van der Waals surface area contributed by atoms with Crippen molar-refractivity contribution in [2.24, 2.45) is 5.92 Å². The number of nitrogens with zero attached hydrogens (tertiary/aromatic N) is 3. The fourth-order valence-corrected chi connectivity index (χ4v) is 2.34. The van der Waals surface area contributed by atoms with E-state index in [9.17, 15) is 5.11 Å². The van der Waals surface area contributed by atoms with E-state index < -0.39 is 0 Å². The molecule has 2 heterocycles. The summed E-state index contributed by atoms with van der Waals surface area (Å²) in [5, 5.41) is 12.9. The maximum absolute atomic E-state index is 9.81.